The van der Waals surface area contributed by atoms with Crippen LogP contribution in [-0.2, 0) is 18.3 Å². The van der Waals surface area contributed by atoms with Gasteiger partial charge < -0.3 is 10.5 Å². The fourth-order valence-electron chi connectivity index (χ4n) is 6.22. The number of pyridine rings is 1. The third-order valence-corrected chi connectivity index (χ3v) is 7.56. The molecule has 0 saturated heterocycles. The number of fused-ring (bicyclic) bond motifs is 7. The number of anilines is 1. The van der Waals surface area contributed by atoms with E-state index < -0.39 is 0 Å². The molecule has 4 nitrogen and oxygen atoms in total. The number of methoxy groups -OCH3 is 1. The van der Waals surface area contributed by atoms with Gasteiger partial charge >= 0.3 is 0 Å². The van der Waals surface area contributed by atoms with Crippen LogP contribution in [0, 0.1) is 23.2 Å². The molecule has 138 valence electrons. The molecule has 3 aliphatic carbocycles. The van der Waals surface area contributed by atoms with Crippen LogP contribution in [0.2, 0.25) is 0 Å². The highest BCUT2D eigenvalue weighted by Crippen LogP contribution is 2.59. The number of ether oxygens (including phenoxy) is 1. The summed E-state index contributed by atoms with van der Waals surface area (Å²) in [7, 11) is 1.74. The van der Waals surface area contributed by atoms with Crippen molar-refractivity contribution in [2.75, 3.05) is 12.8 Å². The van der Waals surface area contributed by atoms with Crippen LogP contribution in [0.15, 0.2) is 24.3 Å². The van der Waals surface area contributed by atoms with Crippen LogP contribution in [0.25, 0.3) is 0 Å². The molecule has 3 aliphatic rings. The Morgan fingerprint density at radius 1 is 1.26 bits per heavy atom. The summed E-state index contributed by atoms with van der Waals surface area (Å²) in [5.74, 6) is 3.24. The number of nitriles is 1. The standard InChI is InChI=1S/C23H25N3O/c1-23-8-7-18-17-6-4-16(27-2)10-13(17)3-5-19(18)20(23)11-14-9-15(12-24)22(25)26-21(14)23/h4,6,9-10,18-20H,3,5,7-8,11H2,1-2H3,(H2,25,26)/t18-,19-,20+,23+/m1/s1. The van der Waals surface area contributed by atoms with Crippen molar-refractivity contribution in [3.8, 4) is 11.8 Å². The van der Waals surface area contributed by atoms with E-state index in [4.69, 9.17) is 15.5 Å². The Balaban J connectivity index is 1.54. The van der Waals surface area contributed by atoms with E-state index in [9.17, 15) is 5.26 Å². The number of benzene rings is 1. The summed E-state index contributed by atoms with van der Waals surface area (Å²) >= 11 is 0. The largest absolute Gasteiger partial charge is 0.497 e. The molecule has 1 aromatic carbocycles. The fourth-order valence-corrected chi connectivity index (χ4v) is 6.22. The Morgan fingerprint density at radius 3 is 2.89 bits per heavy atom. The number of aromatic nitrogens is 1. The van der Waals surface area contributed by atoms with E-state index in [1.807, 2.05) is 6.07 Å². The molecule has 4 heteroatoms. The maximum absolute atomic E-state index is 9.33. The monoisotopic (exact) mass is 359 g/mol. The molecule has 2 aromatic rings. The van der Waals surface area contributed by atoms with Gasteiger partial charge in [-0.25, -0.2) is 4.98 Å². The molecule has 27 heavy (non-hydrogen) atoms. The quantitative estimate of drug-likeness (QED) is 0.831. The van der Waals surface area contributed by atoms with E-state index in [1.54, 1.807) is 7.11 Å². The van der Waals surface area contributed by atoms with E-state index in [1.165, 1.54) is 29.5 Å². The van der Waals surface area contributed by atoms with Crippen LogP contribution >= 0.6 is 0 Å². The topological polar surface area (TPSA) is 71.9 Å². The highest BCUT2D eigenvalue weighted by atomic mass is 16.5. The lowest BCUT2D eigenvalue weighted by molar-refractivity contribution is 0.104. The second kappa shape index (κ2) is 5.73. The zero-order chi connectivity index (χ0) is 18.8. The van der Waals surface area contributed by atoms with E-state index in [0.717, 1.165) is 30.7 Å². The first-order valence-electron chi connectivity index (χ1n) is 9.92. The molecule has 2 N–H and O–H groups in total. The lowest BCUT2D eigenvalue weighted by Gasteiger charge is -2.49. The SMILES string of the molecule is COc1ccc2c(c1)CC[C@@H]1[C@@H]2CC[C@]2(C)c3nc(N)c(C#N)cc3C[C@@H]12. The molecular formula is C23H25N3O. The van der Waals surface area contributed by atoms with Crippen molar-refractivity contribution in [1.29, 1.82) is 5.26 Å². The Kier molecular flexibility index (Phi) is 3.53. The molecule has 5 rings (SSSR count). The number of nitrogen functional groups attached to an aromatic ring is 1. The summed E-state index contributed by atoms with van der Waals surface area (Å²) in [4.78, 5) is 4.72. The molecule has 1 heterocycles. The van der Waals surface area contributed by atoms with Gasteiger partial charge in [0.2, 0.25) is 0 Å². The van der Waals surface area contributed by atoms with Gasteiger partial charge in [0, 0.05) is 5.41 Å². The van der Waals surface area contributed by atoms with Crippen LogP contribution in [0.1, 0.15) is 60.1 Å². The molecule has 0 aliphatic heterocycles. The first-order chi connectivity index (χ1) is 13.0. The predicted molar refractivity (Wildman–Crippen MR) is 105 cm³/mol. The second-order valence-electron chi connectivity index (χ2n) is 8.68. The highest BCUT2D eigenvalue weighted by molar-refractivity contribution is 5.54. The fraction of sp³-hybridized carbons (Fsp3) is 0.478. The maximum atomic E-state index is 9.33. The van der Waals surface area contributed by atoms with Crippen molar-refractivity contribution in [2.24, 2.45) is 11.8 Å². The number of hydrogen-bond donors (Lipinski definition) is 1. The maximum Gasteiger partial charge on any atom is 0.141 e. The van der Waals surface area contributed by atoms with Gasteiger partial charge in [0.25, 0.3) is 0 Å². The van der Waals surface area contributed by atoms with E-state index in [0.29, 0.717) is 29.1 Å². The van der Waals surface area contributed by atoms with Gasteiger partial charge in [-0.2, -0.15) is 5.26 Å². The van der Waals surface area contributed by atoms with Gasteiger partial charge in [-0.05, 0) is 84.7 Å². The summed E-state index contributed by atoms with van der Waals surface area (Å²) in [5, 5.41) is 9.33. The third kappa shape index (κ3) is 2.24. The van der Waals surface area contributed by atoms with Crippen molar-refractivity contribution >= 4 is 5.82 Å². The van der Waals surface area contributed by atoms with Gasteiger partial charge in [0.05, 0.1) is 18.4 Å². The van der Waals surface area contributed by atoms with Crippen molar-refractivity contribution in [1.82, 2.24) is 4.98 Å². The van der Waals surface area contributed by atoms with E-state index in [2.05, 4.69) is 31.2 Å². The highest BCUT2D eigenvalue weighted by Gasteiger charge is 2.53. The first kappa shape index (κ1) is 16.6. The van der Waals surface area contributed by atoms with Crippen molar-refractivity contribution in [3.63, 3.8) is 0 Å². The summed E-state index contributed by atoms with van der Waals surface area (Å²) in [6.07, 6.45) is 5.70. The molecule has 4 atom stereocenters. The summed E-state index contributed by atoms with van der Waals surface area (Å²) in [6, 6.07) is 10.8. The molecule has 0 bridgehead atoms. The number of hydrogen-bond acceptors (Lipinski definition) is 4. The summed E-state index contributed by atoms with van der Waals surface area (Å²) in [5.41, 5.74) is 12.1. The Morgan fingerprint density at radius 2 is 2.11 bits per heavy atom. The van der Waals surface area contributed by atoms with Gasteiger partial charge in [0.15, 0.2) is 0 Å². The van der Waals surface area contributed by atoms with E-state index in [-0.39, 0.29) is 5.41 Å². The lowest BCUT2D eigenvalue weighted by Crippen LogP contribution is -2.43. The molecule has 1 saturated carbocycles. The van der Waals surface area contributed by atoms with Gasteiger partial charge in [-0.15, -0.1) is 0 Å². The minimum atomic E-state index is 0.0859. The normalized spacial score (nSPS) is 30.5. The Hall–Kier alpha value is -2.54. The molecule has 1 aromatic heterocycles. The molecule has 0 spiro atoms. The van der Waals surface area contributed by atoms with Crippen molar-refractivity contribution in [3.05, 3.63) is 52.2 Å². The van der Waals surface area contributed by atoms with E-state index >= 15 is 0 Å². The average Bonchev–Trinajstić information content (AvgIpc) is 2.98. The molecule has 0 radical (unpaired) electrons. The second-order valence-corrected chi connectivity index (χ2v) is 8.68. The Labute approximate surface area is 160 Å². The van der Waals surface area contributed by atoms with Gasteiger partial charge in [0.1, 0.15) is 17.6 Å². The average molecular weight is 359 g/mol. The van der Waals surface area contributed by atoms with Gasteiger partial charge in [-0.1, -0.05) is 13.0 Å². The molecule has 0 amide bonds. The van der Waals surface area contributed by atoms with Gasteiger partial charge in [-0.3, -0.25) is 0 Å². The third-order valence-electron chi connectivity index (χ3n) is 7.56. The van der Waals surface area contributed by atoms with Crippen LogP contribution in [0.5, 0.6) is 5.75 Å². The summed E-state index contributed by atoms with van der Waals surface area (Å²) in [6.45, 7) is 2.38. The predicted octanol–water partition coefficient (Wildman–Crippen LogP) is 4.11. The minimum Gasteiger partial charge on any atom is -0.497 e. The van der Waals surface area contributed by atoms with Crippen LogP contribution in [0.4, 0.5) is 5.82 Å². The number of nitrogens with zero attached hydrogens (tertiary/aromatic N) is 2. The molecular weight excluding hydrogens is 334 g/mol. The van der Waals surface area contributed by atoms with Crippen molar-refractivity contribution < 1.29 is 4.74 Å². The zero-order valence-electron chi connectivity index (χ0n) is 16.0. The van der Waals surface area contributed by atoms with Crippen molar-refractivity contribution in [2.45, 2.75) is 50.4 Å². The molecule has 0 unspecified atom stereocenters. The lowest BCUT2D eigenvalue weighted by atomic mass is 9.55. The summed E-state index contributed by atoms with van der Waals surface area (Å²) < 4.78 is 5.43. The van der Waals surface area contributed by atoms with Crippen LogP contribution in [-0.4, -0.2) is 12.1 Å². The first-order valence-corrected chi connectivity index (χ1v) is 9.92. The zero-order valence-corrected chi connectivity index (χ0v) is 16.0. The molecule has 1 fully saturated rings. The van der Waals surface area contributed by atoms with Crippen LogP contribution in [0.3, 0.4) is 0 Å². The minimum absolute atomic E-state index is 0.0859. The smallest absolute Gasteiger partial charge is 0.141 e. The number of rotatable bonds is 1. The number of aryl methyl sites for hydroxylation is 1. The Bertz CT molecular complexity index is 976. The number of nitrogens with two attached hydrogens (primary N) is 1. The van der Waals surface area contributed by atoms with Crippen LogP contribution < -0.4 is 10.5 Å².